The van der Waals surface area contributed by atoms with Crippen molar-refractivity contribution in [3.05, 3.63) is 88.1 Å². The molecule has 0 unspecified atom stereocenters. The molecule has 0 spiro atoms. The maximum absolute atomic E-state index is 13.0. The van der Waals surface area contributed by atoms with E-state index in [0.29, 0.717) is 22.0 Å². The lowest BCUT2D eigenvalue weighted by molar-refractivity contribution is 0.102. The van der Waals surface area contributed by atoms with Gasteiger partial charge in [-0.25, -0.2) is 4.98 Å². The van der Waals surface area contributed by atoms with Crippen LogP contribution in [0.4, 0.5) is 5.69 Å². The number of pyridine rings is 2. The third-order valence-corrected chi connectivity index (χ3v) is 4.93. The van der Waals surface area contributed by atoms with Gasteiger partial charge in [0.05, 0.1) is 16.8 Å². The molecule has 4 aromatic rings. The van der Waals surface area contributed by atoms with Crippen LogP contribution in [0.3, 0.4) is 0 Å². The lowest BCUT2D eigenvalue weighted by atomic mass is 10.0. The molecular weight excluding hydrogens is 426 g/mol. The summed E-state index contributed by atoms with van der Waals surface area (Å²) in [6, 6.07) is 18.4. The third kappa shape index (κ3) is 3.70. The molecule has 2 aromatic heterocycles. The number of rotatable bonds is 3. The van der Waals surface area contributed by atoms with Crippen molar-refractivity contribution in [3.8, 4) is 11.3 Å². The van der Waals surface area contributed by atoms with Gasteiger partial charge >= 0.3 is 0 Å². The number of carbonyl (C=O) groups is 1. The maximum atomic E-state index is 13.0. The number of aromatic nitrogens is 2. The summed E-state index contributed by atoms with van der Waals surface area (Å²) in [6.45, 7) is 0. The van der Waals surface area contributed by atoms with E-state index < -0.39 is 0 Å². The van der Waals surface area contributed by atoms with Crippen LogP contribution in [0.15, 0.2) is 77.5 Å². The SMILES string of the molecule is O=C(Nc1ccncc1)c1cc(-c2ccccc2Cl)nc2ccc(Br)cc12. The lowest BCUT2D eigenvalue weighted by Gasteiger charge is -2.12. The van der Waals surface area contributed by atoms with Gasteiger partial charge in [0.1, 0.15) is 0 Å². The highest BCUT2D eigenvalue weighted by atomic mass is 79.9. The Hall–Kier alpha value is -2.76. The van der Waals surface area contributed by atoms with Gasteiger partial charge in [0, 0.05) is 38.5 Å². The Kier molecular flexibility index (Phi) is 4.88. The summed E-state index contributed by atoms with van der Waals surface area (Å²) in [7, 11) is 0. The highest BCUT2D eigenvalue weighted by molar-refractivity contribution is 9.10. The largest absolute Gasteiger partial charge is 0.322 e. The molecule has 0 aliphatic heterocycles. The minimum atomic E-state index is -0.222. The third-order valence-electron chi connectivity index (χ3n) is 4.10. The highest BCUT2D eigenvalue weighted by Gasteiger charge is 2.16. The van der Waals surface area contributed by atoms with Crippen molar-refractivity contribution in [3.63, 3.8) is 0 Å². The molecule has 2 heterocycles. The summed E-state index contributed by atoms with van der Waals surface area (Å²) in [4.78, 5) is 21.7. The van der Waals surface area contributed by atoms with E-state index in [2.05, 4.69) is 26.2 Å². The smallest absolute Gasteiger partial charge is 0.256 e. The van der Waals surface area contributed by atoms with Crippen LogP contribution in [0.5, 0.6) is 0 Å². The van der Waals surface area contributed by atoms with E-state index in [1.165, 1.54) is 0 Å². The Morgan fingerprint density at radius 1 is 1.00 bits per heavy atom. The predicted octanol–water partition coefficient (Wildman–Crippen LogP) is 5.97. The first-order chi connectivity index (χ1) is 13.1. The quantitative estimate of drug-likeness (QED) is 0.429. The van der Waals surface area contributed by atoms with Gasteiger partial charge in [-0.1, -0.05) is 45.7 Å². The number of nitrogens with one attached hydrogen (secondary N) is 1. The van der Waals surface area contributed by atoms with Gasteiger partial charge < -0.3 is 5.32 Å². The molecule has 0 aliphatic rings. The number of halogens is 2. The Morgan fingerprint density at radius 3 is 2.56 bits per heavy atom. The average Bonchev–Trinajstić information content (AvgIpc) is 2.68. The van der Waals surface area contributed by atoms with Gasteiger partial charge in [-0.2, -0.15) is 0 Å². The van der Waals surface area contributed by atoms with Gasteiger partial charge in [-0.15, -0.1) is 0 Å². The number of anilines is 1. The van der Waals surface area contributed by atoms with Crippen molar-refractivity contribution in [2.75, 3.05) is 5.32 Å². The number of amides is 1. The highest BCUT2D eigenvalue weighted by Crippen LogP contribution is 2.31. The Labute approximate surface area is 169 Å². The normalized spacial score (nSPS) is 10.7. The first-order valence-electron chi connectivity index (χ1n) is 8.18. The van der Waals surface area contributed by atoms with Crippen LogP contribution < -0.4 is 5.32 Å². The predicted molar refractivity (Wildman–Crippen MR) is 112 cm³/mol. The second kappa shape index (κ2) is 7.47. The van der Waals surface area contributed by atoms with Gasteiger partial charge in [-0.05, 0) is 42.5 Å². The molecule has 4 rings (SSSR count). The number of hydrogen-bond donors (Lipinski definition) is 1. The van der Waals surface area contributed by atoms with Gasteiger partial charge in [0.2, 0.25) is 0 Å². The molecule has 4 nitrogen and oxygen atoms in total. The van der Waals surface area contributed by atoms with Crippen molar-refractivity contribution < 1.29 is 4.79 Å². The molecule has 27 heavy (non-hydrogen) atoms. The van der Waals surface area contributed by atoms with Crippen molar-refractivity contribution in [1.29, 1.82) is 0 Å². The molecule has 2 aromatic carbocycles. The summed E-state index contributed by atoms with van der Waals surface area (Å²) in [6.07, 6.45) is 3.26. The van der Waals surface area contributed by atoms with Crippen LogP contribution in [-0.4, -0.2) is 15.9 Å². The summed E-state index contributed by atoms with van der Waals surface area (Å²) in [5, 5.41) is 4.25. The van der Waals surface area contributed by atoms with E-state index in [9.17, 15) is 4.79 Å². The fourth-order valence-corrected chi connectivity index (χ4v) is 3.42. The second-order valence-electron chi connectivity index (χ2n) is 5.89. The first kappa shape index (κ1) is 17.6. The molecule has 1 amide bonds. The Balaban J connectivity index is 1.88. The minimum absolute atomic E-state index is 0.222. The van der Waals surface area contributed by atoms with Crippen LogP contribution in [0.25, 0.3) is 22.2 Å². The fourth-order valence-electron chi connectivity index (χ4n) is 2.83. The van der Waals surface area contributed by atoms with Gasteiger partial charge in [0.25, 0.3) is 5.91 Å². The topological polar surface area (TPSA) is 54.9 Å². The molecule has 132 valence electrons. The van der Waals surface area contributed by atoms with Crippen molar-refractivity contribution in [1.82, 2.24) is 9.97 Å². The van der Waals surface area contributed by atoms with E-state index in [1.807, 2.05) is 36.4 Å². The van der Waals surface area contributed by atoms with Crippen LogP contribution in [0.1, 0.15) is 10.4 Å². The number of carbonyl (C=O) groups excluding carboxylic acids is 1. The van der Waals surface area contributed by atoms with Crippen LogP contribution >= 0.6 is 27.5 Å². The standard InChI is InChI=1S/C21H13BrClN3O/c22-13-5-6-19-16(11-13)17(21(27)25-14-7-9-24-10-8-14)12-20(26-19)15-3-1-2-4-18(15)23/h1-12H,(H,24,25,27). The number of fused-ring (bicyclic) bond motifs is 1. The molecule has 0 radical (unpaired) electrons. The van der Waals surface area contributed by atoms with Crippen molar-refractivity contribution in [2.45, 2.75) is 0 Å². The van der Waals surface area contributed by atoms with E-state index >= 15 is 0 Å². The zero-order valence-electron chi connectivity index (χ0n) is 14.0. The summed E-state index contributed by atoms with van der Waals surface area (Å²) >= 11 is 9.81. The van der Waals surface area contributed by atoms with E-state index in [-0.39, 0.29) is 5.91 Å². The van der Waals surface area contributed by atoms with E-state index in [1.54, 1.807) is 36.7 Å². The molecular formula is C21H13BrClN3O. The molecule has 6 heteroatoms. The van der Waals surface area contributed by atoms with Crippen LogP contribution in [0, 0.1) is 0 Å². The minimum Gasteiger partial charge on any atom is -0.322 e. The van der Waals surface area contributed by atoms with Gasteiger partial charge in [-0.3, -0.25) is 9.78 Å². The lowest BCUT2D eigenvalue weighted by Crippen LogP contribution is -2.13. The zero-order valence-corrected chi connectivity index (χ0v) is 16.3. The molecule has 0 bridgehead atoms. The number of benzene rings is 2. The Bertz CT molecular complexity index is 1150. The first-order valence-corrected chi connectivity index (χ1v) is 9.35. The van der Waals surface area contributed by atoms with Crippen molar-refractivity contribution >= 4 is 50.0 Å². The van der Waals surface area contributed by atoms with Gasteiger partial charge in [0.15, 0.2) is 0 Å². The zero-order chi connectivity index (χ0) is 18.8. The molecule has 0 aliphatic carbocycles. The van der Waals surface area contributed by atoms with Crippen LogP contribution in [0.2, 0.25) is 5.02 Å². The second-order valence-corrected chi connectivity index (χ2v) is 7.21. The summed E-state index contributed by atoms with van der Waals surface area (Å²) < 4.78 is 0.875. The molecule has 0 saturated heterocycles. The molecule has 1 N–H and O–H groups in total. The summed E-state index contributed by atoms with van der Waals surface area (Å²) in [5.41, 5.74) is 3.34. The molecule has 0 fully saturated rings. The maximum Gasteiger partial charge on any atom is 0.256 e. The fraction of sp³-hybridized carbons (Fsp3) is 0. The van der Waals surface area contributed by atoms with Crippen LogP contribution in [-0.2, 0) is 0 Å². The average molecular weight is 439 g/mol. The number of hydrogen-bond acceptors (Lipinski definition) is 3. The molecule has 0 saturated carbocycles. The summed E-state index contributed by atoms with van der Waals surface area (Å²) in [5.74, 6) is -0.222. The monoisotopic (exact) mass is 437 g/mol. The van der Waals surface area contributed by atoms with E-state index in [0.717, 1.165) is 20.9 Å². The Morgan fingerprint density at radius 2 is 1.78 bits per heavy atom. The molecule has 0 atom stereocenters. The number of nitrogens with zero attached hydrogens (tertiary/aromatic N) is 2. The van der Waals surface area contributed by atoms with E-state index in [4.69, 9.17) is 16.6 Å². The van der Waals surface area contributed by atoms with Crippen molar-refractivity contribution in [2.24, 2.45) is 0 Å².